The molecule has 2 heterocycles. The van der Waals surface area contributed by atoms with Gasteiger partial charge in [-0.05, 0) is 49.4 Å². The van der Waals surface area contributed by atoms with Crippen LogP contribution in [0, 0.1) is 0 Å². The summed E-state index contributed by atoms with van der Waals surface area (Å²) in [5.74, 6) is 0.213. The first kappa shape index (κ1) is 23.4. The number of ether oxygens (including phenoxy) is 1. The number of hydrogen-bond acceptors (Lipinski definition) is 6. The molecule has 1 amide bonds. The molecule has 0 saturated heterocycles. The Kier molecular flexibility index (Phi) is 6.30. The number of benzene rings is 3. The molecule has 0 bridgehead atoms. The van der Waals surface area contributed by atoms with Crippen LogP contribution in [0.2, 0.25) is 0 Å². The fraction of sp³-hybridized carbons (Fsp3) is 0.111. The van der Waals surface area contributed by atoms with Crippen LogP contribution in [0.1, 0.15) is 17.3 Å². The molecule has 0 fully saturated rings. The van der Waals surface area contributed by atoms with Crippen molar-refractivity contribution in [3.63, 3.8) is 0 Å². The highest BCUT2D eigenvalue weighted by atomic mass is 32.2. The normalized spacial score (nSPS) is 11.1. The third-order valence-corrected chi connectivity index (χ3v) is 6.67. The van der Waals surface area contributed by atoms with Crippen molar-refractivity contribution >= 4 is 51.1 Å². The number of aromatic nitrogens is 3. The lowest BCUT2D eigenvalue weighted by Gasteiger charge is -2.15. The maximum atomic E-state index is 13.7. The molecule has 0 spiro atoms. The minimum absolute atomic E-state index is 0.0178. The molecule has 0 aliphatic heterocycles. The highest BCUT2D eigenvalue weighted by Gasteiger charge is 2.20. The number of nitrogens with zero attached hydrogens (tertiary/aromatic N) is 2. The predicted molar refractivity (Wildman–Crippen MR) is 142 cm³/mol. The Morgan fingerprint density at radius 2 is 1.75 bits per heavy atom. The fourth-order valence-electron chi connectivity index (χ4n) is 3.98. The number of carbonyl (C=O) groups excluding carboxylic acids is 2. The van der Waals surface area contributed by atoms with Crippen molar-refractivity contribution in [2.45, 2.75) is 12.1 Å². The molecule has 9 heteroatoms. The summed E-state index contributed by atoms with van der Waals surface area (Å²) >= 11 is 1.15. The van der Waals surface area contributed by atoms with Crippen molar-refractivity contribution in [2.24, 2.45) is 0 Å². The largest absolute Gasteiger partial charge is 0.495 e. The first-order valence-electron chi connectivity index (χ1n) is 11.2. The SMILES string of the molecule is COc1ccccc1-n1c(SCC(=O)Nc2ccc(C(C)=O)cc2)nc2c([nH]c3ccccc32)c1=O. The van der Waals surface area contributed by atoms with E-state index in [2.05, 4.69) is 10.3 Å². The second kappa shape index (κ2) is 9.71. The number of fused-ring (bicyclic) bond motifs is 3. The van der Waals surface area contributed by atoms with E-state index >= 15 is 0 Å². The van der Waals surface area contributed by atoms with E-state index in [1.807, 2.05) is 36.4 Å². The second-order valence-electron chi connectivity index (χ2n) is 8.07. The van der Waals surface area contributed by atoms with Crippen LogP contribution in [0.15, 0.2) is 82.7 Å². The van der Waals surface area contributed by atoms with E-state index in [1.54, 1.807) is 36.4 Å². The van der Waals surface area contributed by atoms with Crippen LogP contribution in [-0.2, 0) is 4.79 Å². The minimum atomic E-state index is -0.288. The number of H-pyrrole nitrogens is 1. The summed E-state index contributed by atoms with van der Waals surface area (Å²) in [6.45, 7) is 1.49. The second-order valence-corrected chi connectivity index (χ2v) is 9.01. The molecule has 8 nitrogen and oxygen atoms in total. The van der Waals surface area contributed by atoms with Gasteiger partial charge in [0.25, 0.3) is 5.56 Å². The lowest BCUT2D eigenvalue weighted by Crippen LogP contribution is -2.23. The van der Waals surface area contributed by atoms with Crippen LogP contribution >= 0.6 is 11.8 Å². The first-order chi connectivity index (χ1) is 17.5. The van der Waals surface area contributed by atoms with E-state index in [0.717, 1.165) is 22.7 Å². The van der Waals surface area contributed by atoms with Gasteiger partial charge in [0.2, 0.25) is 5.91 Å². The molecule has 2 N–H and O–H groups in total. The number of para-hydroxylation sites is 3. The van der Waals surface area contributed by atoms with E-state index in [4.69, 9.17) is 9.72 Å². The van der Waals surface area contributed by atoms with Gasteiger partial charge >= 0.3 is 0 Å². The summed E-state index contributed by atoms with van der Waals surface area (Å²) in [7, 11) is 1.54. The maximum absolute atomic E-state index is 13.7. The summed E-state index contributed by atoms with van der Waals surface area (Å²) in [6, 6.07) is 21.4. The number of thioether (sulfide) groups is 1. The Morgan fingerprint density at radius 1 is 1.03 bits per heavy atom. The number of hydrogen-bond donors (Lipinski definition) is 2. The van der Waals surface area contributed by atoms with Crippen molar-refractivity contribution in [1.82, 2.24) is 14.5 Å². The average molecular weight is 499 g/mol. The highest BCUT2D eigenvalue weighted by Crippen LogP contribution is 2.29. The Balaban J connectivity index is 1.53. The summed E-state index contributed by atoms with van der Waals surface area (Å²) in [5.41, 5.74) is 3.11. The van der Waals surface area contributed by atoms with Crippen molar-refractivity contribution in [3.05, 3.63) is 88.7 Å². The molecule has 0 saturated carbocycles. The third-order valence-electron chi connectivity index (χ3n) is 5.73. The molecule has 2 aromatic heterocycles. The van der Waals surface area contributed by atoms with E-state index in [-0.39, 0.29) is 23.0 Å². The zero-order chi connectivity index (χ0) is 25.2. The van der Waals surface area contributed by atoms with Crippen LogP contribution < -0.4 is 15.6 Å². The molecular formula is C27H22N4O4S. The number of amides is 1. The lowest BCUT2D eigenvalue weighted by atomic mass is 10.1. The first-order valence-corrected chi connectivity index (χ1v) is 12.2. The number of aromatic amines is 1. The number of anilines is 1. The van der Waals surface area contributed by atoms with Crippen LogP contribution in [0.5, 0.6) is 5.75 Å². The van der Waals surface area contributed by atoms with E-state index in [0.29, 0.717) is 38.9 Å². The van der Waals surface area contributed by atoms with Gasteiger partial charge in [0.05, 0.1) is 18.6 Å². The lowest BCUT2D eigenvalue weighted by molar-refractivity contribution is -0.113. The Labute approximate surface area is 210 Å². The van der Waals surface area contributed by atoms with Gasteiger partial charge in [-0.15, -0.1) is 0 Å². The minimum Gasteiger partial charge on any atom is -0.495 e. The van der Waals surface area contributed by atoms with Gasteiger partial charge in [-0.3, -0.25) is 14.4 Å². The van der Waals surface area contributed by atoms with Gasteiger partial charge < -0.3 is 15.0 Å². The van der Waals surface area contributed by atoms with Crippen molar-refractivity contribution < 1.29 is 14.3 Å². The molecule has 180 valence electrons. The molecule has 0 aliphatic carbocycles. The van der Waals surface area contributed by atoms with Crippen LogP contribution in [0.25, 0.3) is 27.6 Å². The van der Waals surface area contributed by atoms with Crippen molar-refractivity contribution in [3.8, 4) is 11.4 Å². The van der Waals surface area contributed by atoms with E-state index in [9.17, 15) is 14.4 Å². The van der Waals surface area contributed by atoms with E-state index < -0.39 is 0 Å². The third kappa shape index (κ3) is 4.36. The topological polar surface area (TPSA) is 106 Å². The molecule has 3 aromatic carbocycles. The van der Waals surface area contributed by atoms with Crippen molar-refractivity contribution in [1.29, 1.82) is 0 Å². The summed E-state index contributed by atoms with van der Waals surface area (Å²) in [5, 5.41) is 4.01. The quantitative estimate of drug-likeness (QED) is 0.190. The Hall–Kier alpha value is -4.37. The number of methoxy groups -OCH3 is 1. The van der Waals surface area contributed by atoms with Gasteiger partial charge in [-0.1, -0.05) is 42.1 Å². The van der Waals surface area contributed by atoms with Gasteiger partial charge in [0, 0.05) is 22.2 Å². The number of carbonyl (C=O) groups is 2. The predicted octanol–water partition coefficient (Wildman–Crippen LogP) is 4.81. The van der Waals surface area contributed by atoms with Crippen molar-refractivity contribution in [2.75, 3.05) is 18.2 Å². The zero-order valence-electron chi connectivity index (χ0n) is 19.6. The van der Waals surface area contributed by atoms with Gasteiger partial charge in [0.15, 0.2) is 10.9 Å². The summed E-state index contributed by atoms with van der Waals surface area (Å²) in [6.07, 6.45) is 0. The fourth-order valence-corrected chi connectivity index (χ4v) is 4.78. The molecule has 0 atom stereocenters. The van der Waals surface area contributed by atoms with Gasteiger partial charge in [0.1, 0.15) is 16.8 Å². The number of rotatable bonds is 7. The standard InChI is InChI=1S/C27H22N4O4S/c1-16(32)17-11-13-18(14-12-17)28-23(33)15-36-27-30-24-19-7-3-4-8-20(19)29-25(24)26(34)31(27)21-9-5-6-10-22(21)35-2/h3-14,29H,15H2,1-2H3,(H,28,33). The van der Waals surface area contributed by atoms with Gasteiger partial charge in [-0.25, -0.2) is 9.55 Å². The van der Waals surface area contributed by atoms with E-state index in [1.165, 1.54) is 18.6 Å². The maximum Gasteiger partial charge on any atom is 0.283 e. The number of ketones is 1. The summed E-state index contributed by atoms with van der Waals surface area (Å²) in [4.78, 5) is 45.9. The van der Waals surface area contributed by atoms with Crippen LogP contribution in [0.3, 0.4) is 0 Å². The monoisotopic (exact) mass is 498 g/mol. The molecular weight excluding hydrogens is 476 g/mol. The van der Waals surface area contributed by atoms with Crippen LogP contribution in [0.4, 0.5) is 5.69 Å². The molecule has 0 radical (unpaired) electrons. The number of Topliss-reactive ketones (excluding diaryl/α,β-unsaturated/α-hetero) is 1. The molecule has 0 unspecified atom stereocenters. The Bertz CT molecular complexity index is 1670. The van der Waals surface area contributed by atoms with Crippen LogP contribution in [-0.4, -0.2) is 39.1 Å². The highest BCUT2D eigenvalue weighted by molar-refractivity contribution is 7.99. The summed E-state index contributed by atoms with van der Waals surface area (Å²) < 4.78 is 6.97. The molecule has 5 aromatic rings. The number of nitrogens with one attached hydrogen (secondary N) is 2. The smallest absolute Gasteiger partial charge is 0.283 e. The van der Waals surface area contributed by atoms with Gasteiger partial charge in [-0.2, -0.15) is 0 Å². The average Bonchev–Trinajstić information content (AvgIpc) is 3.27. The zero-order valence-corrected chi connectivity index (χ0v) is 20.4. The molecule has 36 heavy (non-hydrogen) atoms. The molecule has 5 rings (SSSR count). The molecule has 0 aliphatic rings. The Morgan fingerprint density at radius 3 is 2.50 bits per heavy atom.